The molecule has 8 N–H and O–H groups in total. The smallest absolute Gasteiger partial charge is 0.0372 e. The van der Waals surface area contributed by atoms with Gasteiger partial charge in [-0.2, -0.15) is 0 Å². The van der Waals surface area contributed by atoms with Gasteiger partial charge < -0.3 is 22.9 Å². The van der Waals surface area contributed by atoms with E-state index >= 15 is 0 Å². The summed E-state index contributed by atoms with van der Waals surface area (Å²) in [7, 11) is 0. The Kier molecular flexibility index (Phi) is 8.27. The number of benzene rings is 2. The van der Waals surface area contributed by atoms with Gasteiger partial charge in [0.05, 0.1) is 0 Å². The molecule has 172 valence electrons. The molecule has 0 bridgehead atoms. The fraction of sp³-hybridized carbons (Fsp3) is 0.556. The molecule has 1 fully saturated rings. The maximum atomic E-state index is 6.04. The van der Waals surface area contributed by atoms with Crippen molar-refractivity contribution in [2.45, 2.75) is 91.4 Å². The van der Waals surface area contributed by atoms with Crippen LogP contribution < -0.4 is 22.9 Å². The monoisotopic (exact) mass is 424 g/mol. The third-order valence-corrected chi connectivity index (χ3v) is 6.27. The van der Waals surface area contributed by atoms with E-state index in [0.717, 1.165) is 35.6 Å². The van der Waals surface area contributed by atoms with Crippen LogP contribution in [0.4, 0.5) is 22.7 Å². The minimum absolute atomic E-state index is 0.0729. The zero-order valence-electron chi connectivity index (χ0n) is 20.5. The molecule has 0 unspecified atom stereocenters. The van der Waals surface area contributed by atoms with Crippen LogP contribution in [-0.2, 0) is 18.3 Å². The van der Waals surface area contributed by atoms with E-state index in [0.29, 0.717) is 11.8 Å². The average Bonchev–Trinajstić information content (AvgIpc) is 3.18. The molecule has 0 aromatic heterocycles. The molecule has 0 amide bonds. The number of hydrogen-bond acceptors (Lipinski definition) is 4. The molecule has 1 aliphatic carbocycles. The standard InChI is InChI=1S/C14H24N2.C13H20N2/c1-9(2)6-10-7-11(14(3,4)5)13(16)8-12(10)15;1-2-9-7-11(10-5-3-4-6-10)13(15)8-12(9)14/h7-9H,6,15-16H2,1-5H3;7-8,10H,2-6,14-15H2,1H3. The van der Waals surface area contributed by atoms with Crippen LogP contribution in [0.15, 0.2) is 24.3 Å². The molecule has 0 heterocycles. The molecule has 31 heavy (non-hydrogen) atoms. The highest BCUT2D eigenvalue weighted by Gasteiger charge is 2.20. The minimum atomic E-state index is 0.0729. The fourth-order valence-electron chi connectivity index (χ4n) is 4.54. The van der Waals surface area contributed by atoms with Crippen molar-refractivity contribution in [1.29, 1.82) is 0 Å². The predicted molar refractivity (Wildman–Crippen MR) is 138 cm³/mol. The van der Waals surface area contributed by atoms with Crippen LogP contribution >= 0.6 is 0 Å². The lowest BCUT2D eigenvalue weighted by atomic mass is 9.83. The molecule has 1 saturated carbocycles. The summed E-state index contributed by atoms with van der Waals surface area (Å²) in [6.45, 7) is 13.1. The lowest BCUT2D eigenvalue weighted by Crippen LogP contribution is -2.15. The molecule has 0 aliphatic heterocycles. The van der Waals surface area contributed by atoms with Crippen molar-refractivity contribution in [3.8, 4) is 0 Å². The Bertz CT molecular complexity index is 872. The van der Waals surface area contributed by atoms with E-state index in [-0.39, 0.29) is 5.41 Å². The highest BCUT2D eigenvalue weighted by Crippen LogP contribution is 2.38. The SMILES string of the molecule is CC(C)Cc1cc(C(C)(C)C)c(N)cc1N.CCc1cc(C2CCCC2)c(N)cc1N. The molecule has 0 radical (unpaired) electrons. The second-order valence-corrected chi connectivity index (χ2v) is 10.5. The van der Waals surface area contributed by atoms with Crippen LogP contribution in [0.1, 0.15) is 95.4 Å². The Balaban J connectivity index is 0.000000220. The zero-order chi connectivity index (χ0) is 23.3. The van der Waals surface area contributed by atoms with Crippen LogP contribution in [0.2, 0.25) is 0 Å². The first-order chi connectivity index (χ1) is 14.4. The normalized spacial score (nSPS) is 14.5. The number of hydrogen-bond donors (Lipinski definition) is 4. The lowest BCUT2D eigenvalue weighted by Gasteiger charge is -2.23. The summed E-state index contributed by atoms with van der Waals surface area (Å²) < 4.78 is 0. The molecule has 4 nitrogen and oxygen atoms in total. The van der Waals surface area contributed by atoms with Gasteiger partial charge in [0.15, 0.2) is 0 Å². The van der Waals surface area contributed by atoms with Gasteiger partial charge in [-0.3, -0.25) is 0 Å². The molecule has 0 atom stereocenters. The van der Waals surface area contributed by atoms with Crippen molar-refractivity contribution < 1.29 is 0 Å². The summed E-state index contributed by atoms with van der Waals surface area (Å²) in [5, 5.41) is 0. The van der Waals surface area contributed by atoms with Crippen LogP contribution in [-0.4, -0.2) is 0 Å². The van der Waals surface area contributed by atoms with E-state index < -0.39 is 0 Å². The Morgan fingerprint density at radius 2 is 1.35 bits per heavy atom. The molecular weight excluding hydrogens is 380 g/mol. The third kappa shape index (κ3) is 6.56. The van der Waals surface area contributed by atoms with E-state index in [4.69, 9.17) is 22.9 Å². The van der Waals surface area contributed by atoms with Gasteiger partial charge in [0.2, 0.25) is 0 Å². The van der Waals surface area contributed by atoms with Crippen molar-refractivity contribution in [1.82, 2.24) is 0 Å². The molecule has 2 aromatic carbocycles. The first kappa shape index (κ1) is 24.9. The summed E-state index contributed by atoms with van der Waals surface area (Å²) in [5.74, 6) is 1.29. The van der Waals surface area contributed by atoms with Gasteiger partial charge in [-0.1, -0.05) is 66.5 Å². The summed E-state index contributed by atoms with van der Waals surface area (Å²) in [4.78, 5) is 0. The van der Waals surface area contributed by atoms with E-state index in [2.05, 4.69) is 53.7 Å². The van der Waals surface area contributed by atoms with E-state index in [1.165, 1.54) is 47.9 Å². The van der Waals surface area contributed by atoms with Gasteiger partial charge >= 0.3 is 0 Å². The van der Waals surface area contributed by atoms with Crippen LogP contribution in [0, 0.1) is 5.92 Å². The van der Waals surface area contributed by atoms with E-state index in [9.17, 15) is 0 Å². The summed E-state index contributed by atoms with van der Waals surface area (Å²) >= 11 is 0. The van der Waals surface area contributed by atoms with Gasteiger partial charge in [0, 0.05) is 22.7 Å². The predicted octanol–water partition coefficient (Wildman–Crippen LogP) is 6.42. The Hall–Kier alpha value is -2.36. The fourth-order valence-corrected chi connectivity index (χ4v) is 4.54. The maximum absolute atomic E-state index is 6.04. The van der Waals surface area contributed by atoms with Crippen LogP contribution in [0.3, 0.4) is 0 Å². The Labute approximate surface area is 189 Å². The van der Waals surface area contributed by atoms with Gasteiger partial charge in [0.25, 0.3) is 0 Å². The van der Waals surface area contributed by atoms with Crippen molar-refractivity contribution in [3.05, 3.63) is 46.5 Å². The lowest BCUT2D eigenvalue weighted by molar-refractivity contribution is 0.588. The molecule has 3 rings (SSSR count). The Morgan fingerprint density at radius 1 is 0.806 bits per heavy atom. The number of nitrogen functional groups attached to an aromatic ring is 4. The molecule has 0 saturated heterocycles. The van der Waals surface area contributed by atoms with Crippen molar-refractivity contribution >= 4 is 22.7 Å². The number of rotatable bonds is 4. The van der Waals surface area contributed by atoms with Gasteiger partial charge in [-0.05, 0) is 77.3 Å². The summed E-state index contributed by atoms with van der Waals surface area (Å²) in [6, 6.07) is 8.23. The largest absolute Gasteiger partial charge is 0.398 e. The Morgan fingerprint density at radius 3 is 1.87 bits per heavy atom. The van der Waals surface area contributed by atoms with E-state index in [1.54, 1.807) is 0 Å². The number of aryl methyl sites for hydroxylation is 1. The molecule has 0 spiro atoms. The zero-order valence-corrected chi connectivity index (χ0v) is 20.5. The van der Waals surface area contributed by atoms with Gasteiger partial charge in [-0.15, -0.1) is 0 Å². The second-order valence-electron chi connectivity index (χ2n) is 10.5. The van der Waals surface area contributed by atoms with Crippen molar-refractivity contribution in [2.75, 3.05) is 22.9 Å². The minimum Gasteiger partial charge on any atom is -0.398 e. The highest BCUT2D eigenvalue weighted by molar-refractivity contribution is 5.63. The number of anilines is 4. The molecule has 1 aliphatic rings. The molecule has 4 heteroatoms. The second kappa shape index (κ2) is 10.3. The average molecular weight is 425 g/mol. The third-order valence-electron chi connectivity index (χ3n) is 6.27. The van der Waals surface area contributed by atoms with Crippen LogP contribution in [0.25, 0.3) is 0 Å². The summed E-state index contributed by atoms with van der Waals surface area (Å²) in [5.41, 5.74) is 32.4. The first-order valence-electron chi connectivity index (χ1n) is 11.8. The molecular formula is C27H44N4. The highest BCUT2D eigenvalue weighted by atomic mass is 14.6. The van der Waals surface area contributed by atoms with Crippen molar-refractivity contribution in [3.63, 3.8) is 0 Å². The topological polar surface area (TPSA) is 104 Å². The van der Waals surface area contributed by atoms with Crippen molar-refractivity contribution in [2.24, 2.45) is 5.92 Å². The maximum Gasteiger partial charge on any atom is 0.0372 e. The summed E-state index contributed by atoms with van der Waals surface area (Å²) in [6.07, 6.45) is 7.27. The first-order valence-corrected chi connectivity index (χ1v) is 11.8. The van der Waals surface area contributed by atoms with Crippen LogP contribution in [0.5, 0.6) is 0 Å². The quantitative estimate of drug-likeness (QED) is 0.425. The van der Waals surface area contributed by atoms with Gasteiger partial charge in [-0.25, -0.2) is 0 Å². The van der Waals surface area contributed by atoms with E-state index in [1.807, 2.05) is 12.1 Å². The van der Waals surface area contributed by atoms with Gasteiger partial charge in [0.1, 0.15) is 0 Å². The molecule has 2 aromatic rings. The number of nitrogens with two attached hydrogens (primary N) is 4.